The molecule has 0 aliphatic rings. The molecule has 0 saturated carbocycles. The first-order chi connectivity index (χ1) is 4.20. The van der Waals surface area contributed by atoms with Crippen LogP contribution in [-0.4, -0.2) is 16.1 Å². The summed E-state index contributed by atoms with van der Waals surface area (Å²) >= 11 is 0. The molecule has 0 radical (unpaired) electrons. The maximum atomic E-state index is 10.1. The van der Waals surface area contributed by atoms with E-state index in [2.05, 4.69) is 9.40 Å². The number of hydrogen-bond donors (Lipinski definition) is 1. The third-order valence-electron chi connectivity index (χ3n) is 0.804. The van der Waals surface area contributed by atoms with Gasteiger partial charge in [-0.1, -0.05) is 0 Å². The molecule has 0 spiro atoms. The van der Waals surface area contributed by atoms with E-state index in [0.29, 0.717) is 5.76 Å². The van der Waals surface area contributed by atoms with E-state index in [1.54, 1.807) is 6.92 Å². The van der Waals surface area contributed by atoms with E-state index in [9.17, 15) is 4.79 Å². The zero-order chi connectivity index (χ0) is 6.85. The molecule has 0 atom stereocenters. The van der Waals surface area contributed by atoms with Gasteiger partial charge in [-0.25, -0.2) is 9.78 Å². The van der Waals surface area contributed by atoms with Gasteiger partial charge in [0.1, 0.15) is 5.76 Å². The van der Waals surface area contributed by atoms with Gasteiger partial charge in [0, 0.05) is 0 Å². The Kier molecular flexibility index (Phi) is 3.63. The van der Waals surface area contributed by atoms with Gasteiger partial charge >= 0.3 is 41.4 Å². The Hall–Kier alpha value is -0.320. The summed E-state index contributed by atoms with van der Waals surface area (Å²) in [5.41, 5.74) is 0. The molecule has 1 heterocycles. The van der Waals surface area contributed by atoms with Crippen molar-refractivity contribution in [1.82, 2.24) is 4.98 Å². The van der Waals surface area contributed by atoms with Gasteiger partial charge in [-0.15, -0.1) is 0 Å². The summed E-state index contributed by atoms with van der Waals surface area (Å²) in [5.74, 6) is -0.886. The van der Waals surface area contributed by atoms with E-state index in [0.717, 1.165) is 0 Å². The minimum absolute atomic E-state index is 0. The van der Waals surface area contributed by atoms with Crippen LogP contribution in [0.1, 0.15) is 17.9 Å². The van der Waals surface area contributed by atoms with Gasteiger partial charge in [0.25, 0.3) is 0 Å². The Morgan fingerprint density at radius 1 is 1.90 bits per heavy atom. The number of aromatic carboxylic acids is 1. The molecular weight excluding hydrogens is 145 g/mol. The molecule has 5 heteroatoms. The van der Waals surface area contributed by atoms with Crippen LogP contribution in [0.3, 0.4) is 0 Å². The summed E-state index contributed by atoms with van der Waals surface area (Å²) in [5, 5.41) is 8.24. The molecule has 1 rings (SSSR count). The molecule has 4 nitrogen and oxygen atoms in total. The second kappa shape index (κ2) is 3.75. The molecule has 0 aliphatic heterocycles. The summed E-state index contributed by atoms with van der Waals surface area (Å²) in [6.45, 7) is 1.64. The summed E-state index contributed by atoms with van der Waals surface area (Å²) < 4.78 is 4.63. The van der Waals surface area contributed by atoms with Gasteiger partial charge in [0.15, 0.2) is 0 Å². The number of nitrogens with zero attached hydrogens (tertiary/aromatic N) is 1. The van der Waals surface area contributed by atoms with Crippen LogP contribution in [0.4, 0.5) is 0 Å². The van der Waals surface area contributed by atoms with E-state index >= 15 is 0 Å². The molecule has 1 aromatic rings. The second-order valence-electron chi connectivity index (χ2n) is 1.58. The SMILES string of the molecule is Cc1cnc(C(=O)O)o1.[H-].[Na+]. The average Bonchev–Trinajstić information content (AvgIpc) is 2.14. The van der Waals surface area contributed by atoms with Crippen LogP contribution in [0.2, 0.25) is 0 Å². The van der Waals surface area contributed by atoms with Crippen molar-refractivity contribution >= 4 is 5.97 Å². The van der Waals surface area contributed by atoms with Crippen molar-refractivity contribution in [2.75, 3.05) is 0 Å². The molecule has 0 unspecified atom stereocenters. The first-order valence-electron chi connectivity index (χ1n) is 2.36. The van der Waals surface area contributed by atoms with Gasteiger partial charge in [-0.2, -0.15) is 0 Å². The van der Waals surface area contributed by atoms with Crippen LogP contribution in [0.25, 0.3) is 0 Å². The molecular formula is C5H6NNaO3. The minimum atomic E-state index is -1.14. The van der Waals surface area contributed by atoms with E-state index in [4.69, 9.17) is 5.11 Å². The van der Waals surface area contributed by atoms with Crippen LogP contribution >= 0.6 is 0 Å². The molecule has 0 aromatic carbocycles. The molecule has 0 fully saturated rings. The number of hydrogen-bond acceptors (Lipinski definition) is 3. The predicted molar refractivity (Wildman–Crippen MR) is 29.3 cm³/mol. The van der Waals surface area contributed by atoms with Crippen LogP contribution in [-0.2, 0) is 0 Å². The van der Waals surface area contributed by atoms with Gasteiger partial charge in [-0.05, 0) is 6.92 Å². The van der Waals surface area contributed by atoms with Gasteiger partial charge in [0.05, 0.1) is 6.20 Å². The fraction of sp³-hybridized carbons (Fsp3) is 0.200. The largest absolute Gasteiger partial charge is 1.00 e. The van der Waals surface area contributed by atoms with E-state index in [1.165, 1.54) is 6.20 Å². The second-order valence-corrected chi connectivity index (χ2v) is 1.58. The van der Waals surface area contributed by atoms with Crippen molar-refractivity contribution in [3.8, 4) is 0 Å². The maximum absolute atomic E-state index is 10.1. The van der Waals surface area contributed by atoms with Crippen molar-refractivity contribution in [2.45, 2.75) is 6.92 Å². The van der Waals surface area contributed by atoms with E-state index in [1.807, 2.05) is 0 Å². The summed E-state index contributed by atoms with van der Waals surface area (Å²) in [7, 11) is 0. The first kappa shape index (κ1) is 9.68. The molecule has 50 valence electrons. The van der Waals surface area contributed by atoms with Crippen LogP contribution in [0.15, 0.2) is 10.6 Å². The number of aryl methyl sites for hydroxylation is 1. The Balaban J connectivity index is 0. The molecule has 10 heavy (non-hydrogen) atoms. The number of rotatable bonds is 1. The summed E-state index contributed by atoms with van der Waals surface area (Å²) in [4.78, 5) is 13.5. The van der Waals surface area contributed by atoms with E-state index in [-0.39, 0.29) is 36.9 Å². The summed E-state index contributed by atoms with van der Waals surface area (Å²) in [6, 6.07) is 0. The fourth-order valence-corrected chi connectivity index (χ4v) is 0.454. The molecule has 0 bridgehead atoms. The van der Waals surface area contributed by atoms with E-state index < -0.39 is 5.97 Å². The van der Waals surface area contributed by atoms with Crippen molar-refractivity contribution in [3.05, 3.63) is 17.8 Å². The number of oxazole rings is 1. The molecule has 1 N–H and O–H groups in total. The molecule has 0 amide bonds. The van der Waals surface area contributed by atoms with Gasteiger partial charge in [-0.3, -0.25) is 0 Å². The average molecular weight is 151 g/mol. The zero-order valence-corrected chi connectivity index (χ0v) is 7.79. The molecule has 0 saturated heterocycles. The fourth-order valence-electron chi connectivity index (χ4n) is 0.454. The molecule has 0 aliphatic carbocycles. The normalized spacial score (nSPS) is 8.50. The molecule has 1 aromatic heterocycles. The monoisotopic (exact) mass is 151 g/mol. The minimum Gasteiger partial charge on any atom is -1.00 e. The Labute approximate surface area is 81.0 Å². The number of aromatic nitrogens is 1. The van der Waals surface area contributed by atoms with Crippen LogP contribution < -0.4 is 29.6 Å². The predicted octanol–water partition coefficient (Wildman–Crippen LogP) is -2.20. The maximum Gasteiger partial charge on any atom is 1.00 e. The first-order valence-corrected chi connectivity index (χ1v) is 2.36. The topological polar surface area (TPSA) is 63.3 Å². The van der Waals surface area contributed by atoms with Gasteiger partial charge < -0.3 is 11.0 Å². The smallest absolute Gasteiger partial charge is 1.00 e. The number of carboxylic acid groups (broad SMARTS) is 1. The Bertz CT molecular complexity index is 237. The quantitative estimate of drug-likeness (QED) is 0.462. The van der Waals surface area contributed by atoms with Crippen molar-refractivity contribution in [1.29, 1.82) is 0 Å². The Morgan fingerprint density at radius 2 is 2.50 bits per heavy atom. The summed E-state index contributed by atoms with van der Waals surface area (Å²) in [6.07, 6.45) is 1.36. The number of carbonyl (C=O) groups is 1. The van der Waals surface area contributed by atoms with Gasteiger partial charge in [0.2, 0.25) is 0 Å². The standard InChI is InChI=1S/C5H5NO3.Na.H/c1-3-2-6-4(9-3)5(7)8;;/h2H,1H3,(H,7,8);;/q;+1;-1. The number of carboxylic acids is 1. The zero-order valence-electron chi connectivity index (χ0n) is 6.79. The third kappa shape index (κ3) is 2.13. The third-order valence-corrected chi connectivity index (χ3v) is 0.804. The van der Waals surface area contributed by atoms with Crippen molar-refractivity contribution in [2.24, 2.45) is 0 Å². The van der Waals surface area contributed by atoms with Crippen LogP contribution in [0, 0.1) is 6.92 Å². The van der Waals surface area contributed by atoms with Crippen molar-refractivity contribution in [3.63, 3.8) is 0 Å². The van der Waals surface area contributed by atoms with Crippen LogP contribution in [0.5, 0.6) is 0 Å². The van der Waals surface area contributed by atoms with Crippen molar-refractivity contribution < 1.29 is 45.3 Å². The Morgan fingerprint density at radius 3 is 2.70 bits per heavy atom.